The smallest absolute Gasteiger partial charge is 0.340 e. The Labute approximate surface area is 243 Å². The summed E-state index contributed by atoms with van der Waals surface area (Å²) < 4.78 is 42.2. The van der Waals surface area contributed by atoms with Crippen molar-refractivity contribution >= 4 is 46.7 Å². The van der Waals surface area contributed by atoms with Crippen molar-refractivity contribution in [2.75, 3.05) is 6.54 Å². The Bertz CT molecular complexity index is 1590. The number of hydrogen-bond donors (Lipinski definition) is 3. The van der Waals surface area contributed by atoms with Crippen molar-refractivity contribution in [2.24, 2.45) is 0 Å². The van der Waals surface area contributed by atoms with Crippen LogP contribution in [-0.2, 0) is 19.8 Å². The average Bonchev–Trinajstić information content (AvgIpc) is 3.68. The van der Waals surface area contributed by atoms with E-state index in [0.717, 1.165) is 29.9 Å². The molecule has 6 rings (SSSR count). The molecule has 0 saturated carbocycles. The SMILES string of the molecule is C[C@@H]1[C@@H](n2ccnc2)CN1C(=O)[C@@H]1CC[C@@H]2CCCC(NC(=O)c3cc4cc(C(F)(F)P(=O)(O)O)ccc4s3)C(=O)N21. The lowest BCUT2D eigenvalue weighted by atomic mass is 9.96. The standard InChI is InChI=1S/C27H30F2N5O6PS/c1-15-21(32-10-9-30-14-32)13-33(15)26(37)20-7-6-18-3-2-4-19(25(36)34(18)20)31-24(35)23-12-16-11-17(5-8-22(16)42-23)27(28,29)41(38,39)40/h5,8-12,14-15,18-21H,2-4,6-7,13H2,1H3,(H,31,35)(H2,38,39,40)/t15-,18+,19?,20+,21+/m1/s1. The number of likely N-dealkylation sites (tertiary alicyclic amines) is 1. The lowest BCUT2D eigenvalue weighted by Gasteiger charge is -2.48. The summed E-state index contributed by atoms with van der Waals surface area (Å²) in [4.78, 5) is 66.4. The van der Waals surface area contributed by atoms with Crippen LogP contribution in [0.4, 0.5) is 8.78 Å². The van der Waals surface area contributed by atoms with E-state index in [4.69, 9.17) is 9.79 Å². The number of carbonyl (C=O) groups excluding carboxylic acids is 3. The molecule has 0 radical (unpaired) electrons. The van der Waals surface area contributed by atoms with Gasteiger partial charge in [-0.15, -0.1) is 11.3 Å². The van der Waals surface area contributed by atoms with E-state index in [9.17, 15) is 27.7 Å². The number of fused-ring (bicyclic) bond motifs is 2. The molecule has 5 heterocycles. The van der Waals surface area contributed by atoms with Crippen molar-refractivity contribution in [1.82, 2.24) is 24.7 Å². The fraction of sp³-hybridized carbons (Fsp3) is 0.481. The molecule has 3 fully saturated rings. The van der Waals surface area contributed by atoms with Crippen molar-refractivity contribution in [2.45, 2.75) is 74.9 Å². The van der Waals surface area contributed by atoms with E-state index in [0.29, 0.717) is 36.9 Å². The van der Waals surface area contributed by atoms with Gasteiger partial charge in [0, 0.05) is 35.2 Å². The second-order valence-corrected chi connectivity index (χ2v) is 13.9. The number of benzene rings is 1. The van der Waals surface area contributed by atoms with Crippen LogP contribution in [0.25, 0.3) is 10.1 Å². The van der Waals surface area contributed by atoms with E-state index in [1.165, 1.54) is 12.1 Å². The summed E-state index contributed by atoms with van der Waals surface area (Å²) in [5.74, 6) is -0.947. The first-order valence-electron chi connectivity index (χ1n) is 13.8. The molecule has 3 aliphatic heterocycles. The molecule has 2 aromatic heterocycles. The molecule has 1 aromatic carbocycles. The van der Waals surface area contributed by atoms with Crippen LogP contribution in [-0.4, -0.2) is 77.6 Å². The van der Waals surface area contributed by atoms with E-state index in [2.05, 4.69) is 10.3 Å². The zero-order chi connectivity index (χ0) is 30.0. The Kier molecular flexibility index (Phi) is 7.24. The van der Waals surface area contributed by atoms with Gasteiger partial charge in [-0.1, -0.05) is 6.07 Å². The summed E-state index contributed by atoms with van der Waals surface area (Å²) in [6.07, 6.45) is 8.40. The number of nitrogens with zero attached hydrogens (tertiary/aromatic N) is 4. The van der Waals surface area contributed by atoms with Crippen molar-refractivity contribution in [3.63, 3.8) is 0 Å². The molecule has 5 atom stereocenters. The highest BCUT2D eigenvalue weighted by Crippen LogP contribution is 2.59. The van der Waals surface area contributed by atoms with E-state index in [-0.39, 0.29) is 40.2 Å². The number of aromatic nitrogens is 2. The number of thiophene rings is 1. The molecule has 3 aliphatic rings. The summed E-state index contributed by atoms with van der Waals surface area (Å²) in [7, 11) is -5.74. The Balaban J connectivity index is 1.16. The van der Waals surface area contributed by atoms with Crippen molar-refractivity contribution in [1.29, 1.82) is 0 Å². The molecule has 11 nitrogen and oxygen atoms in total. The van der Waals surface area contributed by atoms with Crippen LogP contribution in [0.15, 0.2) is 43.0 Å². The van der Waals surface area contributed by atoms with Gasteiger partial charge in [0.15, 0.2) is 0 Å². The number of hydrogen-bond acceptors (Lipinski definition) is 6. The first kappa shape index (κ1) is 28.9. The minimum atomic E-state index is -5.74. The maximum atomic E-state index is 14.2. The first-order chi connectivity index (χ1) is 19.9. The Morgan fingerprint density at radius 2 is 1.95 bits per heavy atom. The Morgan fingerprint density at radius 3 is 2.64 bits per heavy atom. The fourth-order valence-corrected chi connectivity index (χ4v) is 7.78. The number of alkyl halides is 2. The fourth-order valence-electron chi connectivity index (χ4n) is 6.36. The van der Waals surface area contributed by atoms with Gasteiger partial charge in [0.05, 0.1) is 23.3 Å². The molecule has 3 saturated heterocycles. The Hall–Kier alpha value is -3.19. The maximum Gasteiger partial charge on any atom is 0.399 e. The zero-order valence-corrected chi connectivity index (χ0v) is 24.3. The topological polar surface area (TPSA) is 145 Å². The average molecular weight is 622 g/mol. The molecule has 3 N–H and O–H groups in total. The summed E-state index contributed by atoms with van der Waals surface area (Å²) in [6.45, 7) is 2.51. The molecule has 15 heteroatoms. The number of amides is 3. The van der Waals surface area contributed by atoms with Crippen LogP contribution in [0.1, 0.15) is 60.3 Å². The second kappa shape index (κ2) is 10.5. The summed E-state index contributed by atoms with van der Waals surface area (Å²) >= 11 is 1.02. The third-order valence-electron chi connectivity index (χ3n) is 8.75. The lowest BCUT2D eigenvalue weighted by molar-refractivity contribution is -0.153. The minimum absolute atomic E-state index is 0.0431. The third kappa shape index (κ3) is 4.83. The lowest BCUT2D eigenvalue weighted by Crippen LogP contribution is -2.63. The van der Waals surface area contributed by atoms with Crippen LogP contribution in [0.3, 0.4) is 0 Å². The quantitative estimate of drug-likeness (QED) is 0.358. The normalized spacial score (nSPS) is 26.6. The molecule has 0 bridgehead atoms. The molecule has 224 valence electrons. The molecule has 1 unspecified atom stereocenters. The zero-order valence-electron chi connectivity index (χ0n) is 22.6. The molecule has 3 amide bonds. The molecular formula is C27H30F2N5O6PS. The highest BCUT2D eigenvalue weighted by Gasteiger charge is 2.51. The number of rotatable bonds is 6. The van der Waals surface area contributed by atoms with Crippen LogP contribution >= 0.6 is 18.9 Å². The molecule has 42 heavy (non-hydrogen) atoms. The number of halogens is 2. The highest BCUT2D eigenvalue weighted by atomic mass is 32.1. The van der Waals surface area contributed by atoms with E-state index in [1.807, 2.05) is 17.7 Å². The highest BCUT2D eigenvalue weighted by molar-refractivity contribution is 7.52. The van der Waals surface area contributed by atoms with Gasteiger partial charge in [0.1, 0.15) is 12.1 Å². The molecular weight excluding hydrogens is 591 g/mol. The molecule has 0 spiro atoms. The monoisotopic (exact) mass is 621 g/mol. The van der Waals surface area contributed by atoms with Gasteiger partial charge in [-0.3, -0.25) is 18.9 Å². The maximum absolute atomic E-state index is 14.2. The molecule has 3 aromatic rings. The van der Waals surface area contributed by atoms with Crippen molar-refractivity contribution in [3.8, 4) is 0 Å². The van der Waals surface area contributed by atoms with E-state index >= 15 is 0 Å². The van der Waals surface area contributed by atoms with Gasteiger partial charge in [-0.05, 0) is 62.6 Å². The predicted octanol–water partition coefficient (Wildman–Crippen LogP) is 3.44. The van der Waals surface area contributed by atoms with Gasteiger partial charge in [0.25, 0.3) is 5.91 Å². The number of carbonyl (C=O) groups is 3. The van der Waals surface area contributed by atoms with Gasteiger partial charge in [-0.2, -0.15) is 8.78 Å². The predicted molar refractivity (Wildman–Crippen MR) is 149 cm³/mol. The summed E-state index contributed by atoms with van der Waals surface area (Å²) in [6, 6.07) is 3.10. The summed E-state index contributed by atoms with van der Waals surface area (Å²) in [5, 5.41) is 3.02. The van der Waals surface area contributed by atoms with Crippen molar-refractivity contribution in [3.05, 3.63) is 53.4 Å². The first-order valence-corrected chi connectivity index (χ1v) is 16.2. The van der Waals surface area contributed by atoms with Crippen LogP contribution < -0.4 is 5.32 Å². The van der Waals surface area contributed by atoms with Gasteiger partial charge < -0.3 is 29.5 Å². The van der Waals surface area contributed by atoms with E-state index < -0.39 is 36.8 Å². The van der Waals surface area contributed by atoms with E-state index in [1.54, 1.807) is 22.3 Å². The van der Waals surface area contributed by atoms with Crippen molar-refractivity contribution < 1.29 is 37.5 Å². The Morgan fingerprint density at radius 1 is 1.17 bits per heavy atom. The van der Waals surface area contributed by atoms with Gasteiger partial charge in [0.2, 0.25) is 11.8 Å². The second-order valence-electron chi connectivity index (χ2n) is 11.2. The van der Waals surface area contributed by atoms with Gasteiger partial charge >= 0.3 is 13.3 Å². The number of nitrogens with one attached hydrogen (secondary N) is 1. The number of imidazole rings is 1. The minimum Gasteiger partial charge on any atom is -0.340 e. The summed E-state index contributed by atoms with van der Waals surface area (Å²) in [5.41, 5.74) is -5.22. The van der Waals surface area contributed by atoms with Crippen LogP contribution in [0.5, 0.6) is 0 Å². The molecule has 0 aliphatic carbocycles. The van der Waals surface area contributed by atoms with Gasteiger partial charge in [-0.25, -0.2) is 4.98 Å². The largest absolute Gasteiger partial charge is 0.399 e. The third-order valence-corrected chi connectivity index (χ3v) is 10.9. The van der Waals surface area contributed by atoms with Crippen LogP contribution in [0, 0.1) is 0 Å². The van der Waals surface area contributed by atoms with Crippen LogP contribution in [0.2, 0.25) is 0 Å².